The zero-order valence-corrected chi connectivity index (χ0v) is 14.4. The van der Waals surface area contributed by atoms with E-state index in [9.17, 15) is 0 Å². The average molecular weight is 374 g/mol. The van der Waals surface area contributed by atoms with Gasteiger partial charge in [0.25, 0.3) is 0 Å². The van der Waals surface area contributed by atoms with Crippen molar-refractivity contribution in [2.45, 2.75) is 6.54 Å². The van der Waals surface area contributed by atoms with Crippen LogP contribution in [0.3, 0.4) is 0 Å². The molecule has 0 unspecified atom stereocenters. The van der Waals surface area contributed by atoms with Gasteiger partial charge in [-0.05, 0) is 23.8 Å². The molecular formula is C17H16BrN3O2. The van der Waals surface area contributed by atoms with Crippen molar-refractivity contribution in [3.05, 3.63) is 52.8 Å². The molecule has 1 aromatic heterocycles. The Labute approximate surface area is 142 Å². The van der Waals surface area contributed by atoms with Crippen LogP contribution in [-0.2, 0) is 6.54 Å². The minimum Gasteiger partial charge on any atom is -0.493 e. The molecule has 3 rings (SSSR count). The molecule has 3 aromatic rings. The zero-order chi connectivity index (χ0) is 16.2. The molecule has 0 radical (unpaired) electrons. The van der Waals surface area contributed by atoms with Gasteiger partial charge in [-0.15, -0.1) is 0 Å². The first kappa shape index (κ1) is 15.6. The number of hydrogen-bond donors (Lipinski definition) is 1. The van der Waals surface area contributed by atoms with E-state index in [1.807, 2.05) is 24.3 Å². The maximum Gasteiger partial charge on any atom is 0.162 e. The van der Waals surface area contributed by atoms with Crippen LogP contribution in [0.1, 0.15) is 5.56 Å². The van der Waals surface area contributed by atoms with Gasteiger partial charge >= 0.3 is 0 Å². The molecule has 0 saturated heterocycles. The molecule has 2 aromatic carbocycles. The summed E-state index contributed by atoms with van der Waals surface area (Å²) in [6.45, 7) is 0.674. The summed E-state index contributed by atoms with van der Waals surface area (Å²) in [7, 11) is 3.22. The number of fused-ring (bicyclic) bond motifs is 1. The quantitative estimate of drug-likeness (QED) is 0.731. The van der Waals surface area contributed by atoms with Gasteiger partial charge in [-0.1, -0.05) is 28.1 Å². The number of methoxy groups -OCH3 is 2. The van der Waals surface area contributed by atoms with Crippen LogP contribution in [0, 0.1) is 0 Å². The van der Waals surface area contributed by atoms with Gasteiger partial charge in [-0.25, -0.2) is 9.97 Å². The highest BCUT2D eigenvalue weighted by atomic mass is 79.9. The molecule has 23 heavy (non-hydrogen) atoms. The molecule has 0 aliphatic rings. The minimum atomic E-state index is 0.651. The fraction of sp³-hybridized carbons (Fsp3) is 0.176. The van der Waals surface area contributed by atoms with E-state index in [1.165, 1.54) is 11.9 Å². The zero-order valence-electron chi connectivity index (χ0n) is 12.8. The largest absolute Gasteiger partial charge is 0.493 e. The summed E-state index contributed by atoms with van der Waals surface area (Å²) in [4.78, 5) is 8.64. The second-order valence-corrected chi connectivity index (χ2v) is 5.84. The lowest BCUT2D eigenvalue weighted by Crippen LogP contribution is -2.03. The van der Waals surface area contributed by atoms with Crippen LogP contribution in [-0.4, -0.2) is 24.2 Å². The van der Waals surface area contributed by atoms with Crippen molar-refractivity contribution in [2.24, 2.45) is 0 Å². The summed E-state index contributed by atoms with van der Waals surface area (Å²) >= 11 is 3.44. The Morgan fingerprint density at radius 2 is 1.70 bits per heavy atom. The second kappa shape index (κ2) is 6.83. The predicted molar refractivity (Wildman–Crippen MR) is 94.1 cm³/mol. The van der Waals surface area contributed by atoms with Crippen LogP contribution < -0.4 is 14.8 Å². The molecule has 5 nitrogen and oxygen atoms in total. The second-order valence-electron chi connectivity index (χ2n) is 4.93. The molecule has 0 bridgehead atoms. The van der Waals surface area contributed by atoms with Crippen LogP contribution in [0.5, 0.6) is 11.5 Å². The lowest BCUT2D eigenvalue weighted by molar-refractivity contribution is 0.356. The van der Waals surface area contributed by atoms with Gasteiger partial charge in [-0.2, -0.15) is 0 Å². The average Bonchev–Trinajstić information content (AvgIpc) is 2.60. The molecule has 1 N–H and O–H groups in total. The number of hydrogen-bond acceptors (Lipinski definition) is 5. The van der Waals surface area contributed by atoms with Crippen molar-refractivity contribution in [3.8, 4) is 11.5 Å². The summed E-state index contributed by atoms with van der Waals surface area (Å²) < 4.78 is 11.7. The van der Waals surface area contributed by atoms with Crippen molar-refractivity contribution in [2.75, 3.05) is 19.5 Å². The monoisotopic (exact) mass is 373 g/mol. The Bertz CT molecular complexity index is 822. The van der Waals surface area contributed by atoms with Crippen LogP contribution in [0.15, 0.2) is 47.2 Å². The Balaban J connectivity index is 1.92. The van der Waals surface area contributed by atoms with E-state index in [2.05, 4.69) is 43.3 Å². The summed E-state index contributed by atoms with van der Waals surface area (Å²) in [6, 6.07) is 11.9. The first-order valence-electron chi connectivity index (χ1n) is 7.06. The summed E-state index contributed by atoms with van der Waals surface area (Å²) in [6.07, 6.45) is 1.54. The normalized spacial score (nSPS) is 10.6. The lowest BCUT2D eigenvalue weighted by Gasteiger charge is -2.12. The smallest absolute Gasteiger partial charge is 0.162 e. The Morgan fingerprint density at radius 1 is 1.00 bits per heavy atom. The van der Waals surface area contributed by atoms with Crippen molar-refractivity contribution in [1.29, 1.82) is 0 Å². The van der Waals surface area contributed by atoms with E-state index in [0.29, 0.717) is 18.0 Å². The number of nitrogens with one attached hydrogen (secondary N) is 1. The molecule has 0 fully saturated rings. The number of rotatable bonds is 5. The molecule has 0 aliphatic heterocycles. The highest BCUT2D eigenvalue weighted by Gasteiger charge is 2.10. The third-order valence-electron chi connectivity index (χ3n) is 3.51. The molecule has 0 aliphatic carbocycles. The van der Waals surface area contributed by atoms with Crippen molar-refractivity contribution >= 4 is 32.7 Å². The van der Waals surface area contributed by atoms with Gasteiger partial charge in [0.15, 0.2) is 11.5 Å². The fourth-order valence-corrected chi connectivity index (χ4v) is 2.58. The first-order valence-corrected chi connectivity index (χ1v) is 7.85. The maximum absolute atomic E-state index is 5.36. The third kappa shape index (κ3) is 3.37. The minimum absolute atomic E-state index is 0.651. The number of anilines is 1. The van der Waals surface area contributed by atoms with E-state index in [1.54, 1.807) is 14.2 Å². The highest BCUT2D eigenvalue weighted by Crippen LogP contribution is 2.33. The van der Waals surface area contributed by atoms with E-state index in [4.69, 9.17) is 9.47 Å². The molecule has 0 amide bonds. The molecular weight excluding hydrogens is 358 g/mol. The SMILES string of the molecule is COc1cc2ncnc(NCc3ccc(Br)cc3)c2cc1OC. The van der Waals surface area contributed by atoms with E-state index >= 15 is 0 Å². The number of ether oxygens (including phenoxy) is 2. The predicted octanol–water partition coefficient (Wildman–Crippen LogP) is 4.02. The lowest BCUT2D eigenvalue weighted by atomic mass is 10.2. The topological polar surface area (TPSA) is 56.3 Å². The Morgan fingerprint density at radius 3 is 2.39 bits per heavy atom. The molecule has 0 saturated carbocycles. The highest BCUT2D eigenvalue weighted by molar-refractivity contribution is 9.10. The van der Waals surface area contributed by atoms with Gasteiger partial charge in [-0.3, -0.25) is 0 Å². The van der Waals surface area contributed by atoms with Crippen molar-refractivity contribution < 1.29 is 9.47 Å². The van der Waals surface area contributed by atoms with Crippen molar-refractivity contribution in [3.63, 3.8) is 0 Å². The first-order chi connectivity index (χ1) is 11.2. The molecule has 1 heterocycles. The fourth-order valence-electron chi connectivity index (χ4n) is 2.31. The molecule has 0 spiro atoms. The number of aromatic nitrogens is 2. The van der Waals surface area contributed by atoms with E-state index in [-0.39, 0.29) is 0 Å². The van der Waals surface area contributed by atoms with Gasteiger partial charge in [0.05, 0.1) is 19.7 Å². The number of benzene rings is 2. The summed E-state index contributed by atoms with van der Waals surface area (Å²) in [5, 5.41) is 4.24. The standard InChI is InChI=1S/C17H16BrN3O2/c1-22-15-7-13-14(8-16(15)23-2)20-10-21-17(13)19-9-11-3-5-12(18)6-4-11/h3-8,10H,9H2,1-2H3,(H,19,20,21). The van der Waals surface area contributed by atoms with Gasteiger partial charge in [0, 0.05) is 22.5 Å². The van der Waals surface area contributed by atoms with Crippen LogP contribution in [0.25, 0.3) is 10.9 Å². The van der Waals surface area contributed by atoms with Crippen LogP contribution >= 0.6 is 15.9 Å². The van der Waals surface area contributed by atoms with Gasteiger partial charge in [0.2, 0.25) is 0 Å². The Hall–Kier alpha value is -2.34. The van der Waals surface area contributed by atoms with Crippen LogP contribution in [0.2, 0.25) is 0 Å². The van der Waals surface area contributed by atoms with Gasteiger partial charge < -0.3 is 14.8 Å². The summed E-state index contributed by atoms with van der Waals surface area (Å²) in [5.41, 5.74) is 1.97. The third-order valence-corrected chi connectivity index (χ3v) is 4.04. The number of halogens is 1. The Kier molecular flexibility index (Phi) is 4.62. The maximum atomic E-state index is 5.36. The molecule has 118 valence electrons. The molecule has 6 heteroatoms. The summed E-state index contributed by atoms with van der Waals surface area (Å²) in [5.74, 6) is 2.07. The van der Waals surface area contributed by atoms with E-state index in [0.717, 1.165) is 21.2 Å². The van der Waals surface area contributed by atoms with Crippen LogP contribution in [0.4, 0.5) is 5.82 Å². The van der Waals surface area contributed by atoms with Crippen molar-refractivity contribution in [1.82, 2.24) is 9.97 Å². The number of nitrogens with zero attached hydrogens (tertiary/aromatic N) is 2. The van der Waals surface area contributed by atoms with Gasteiger partial charge in [0.1, 0.15) is 12.1 Å². The van der Waals surface area contributed by atoms with E-state index < -0.39 is 0 Å². The molecule has 0 atom stereocenters.